The Bertz CT molecular complexity index is 1070. The minimum Gasteiger partial charge on any atom is -0.494 e. The molecular weight excluding hydrogens is 328 g/mol. The Morgan fingerprint density at radius 3 is 2.76 bits per heavy atom. The molecule has 0 spiro atoms. The molecule has 0 aliphatic heterocycles. The second-order valence-electron chi connectivity index (χ2n) is 5.65. The Morgan fingerprint density at radius 1 is 1.12 bits per heavy atom. The molecule has 1 N–H and O–H groups in total. The fourth-order valence-electron chi connectivity index (χ4n) is 3.11. The first kappa shape index (κ1) is 15.5. The molecule has 0 saturated carbocycles. The van der Waals surface area contributed by atoms with E-state index < -0.39 is 0 Å². The Labute approximate surface area is 150 Å². The molecule has 2 aromatic heterocycles. The van der Waals surface area contributed by atoms with E-state index in [1.54, 1.807) is 11.3 Å². The summed E-state index contributed by atoms with van der Waals surface area (Å²) < 4.78 is 5.67. The van der Waals surface area contributed by atoms with Crippen molar-refractivity contribution < 1.29 is 4.74 Å². The highest BCUT2D eigenvalue weighted by molar-refractivity contribution is 7.13. The van der Waals surface area contributed by atoms with Crippen molar-refractivity contribution in [2.24, 2.45) is 0 Å². The molecule has 122 valence electrons. The minimum atomic E-state index is 0.594. The van der Waals surface area contributed by atoms with E-state index in [0.717, 1.165) is 38.4 Å². The predicted octanol–water partition coefficient (Wildman–Crippen LogP) is 5.83. The molecule has 4 rings (SSSR count). The van der Waals surface area contributed by atoms with Gasteiger partial charge >= 0.3 is 0 Å². The van der Waals surface area contributed by atoms with E-state index in [2.05, 4.69) is 34.6 Å². The molecule has 0 amide bonds. The number of nitriles is 1. The molecule has 2 aromatic carbocycles. The van der Waals surface area contributed by atoms with Gasteiger partial charge in [-0.15, -0.1) is 11.3 Å². The first-order valence-corrected chi connectivity index (χ1v) is 9.01. The van der Waals surface area contributed by atoms with Crippen molar-refractivity contribution in [3.05, 3.63) is 65.5 Å². The van der Waals surface area contributed by atoms with Gasteiger partial charge in [0.25, 0.3) is 0 Å². The SMILES string of the molecule is CCOc1ccc(C#N)c(-c2c(-c3cccs3)[nH]c3ccccc23)c1. The maximum absolute atomic E-state index is 9.63. The highest BCUT2D eigenvalue weighted by Crippen LogP contribution is 2.42. The quantitative estimate of drug-likeness (QED) is 0.506. The summed E-state index contributed by atoms with van der Waals surface area (Å²) in [6.07, 6.45) is 0. The molecule has 0 unspecified atom stereocenters. The van der Waals surface area contributed by atoms with Crippen LogP contribution in [0.3, 0.4) is 0 Å². The molecule has 25 heavy (non-hydrogen) atoms. The number of hydrogen-bond acceptors (Lipinski definition) is 3. The number of hydrogen-bond donors (Lipinski definition) is 1. The Balaban J connectivity index is 2.05. The number of para-hydroxylation sites is 1. The number of thiophene rings is 1. The normalized spacial score (nSPS) is 10.7. The van der Waals surface area contributed by atoms with Crippen molar-refractivity contribution in [2.45, 2.75) is 6.92 Å². The lowest BCUT2D eigenvalue weighted by atomic mass is 9.96. The lowest BCUT2D eigenvalue weighted by Gasteiger charge is -2.10. The zero-order valence-corrected chi connectivity index (χ0v) is 14.6. The van der Waals surface area contributed by atoms with Crippen LogP contribution in [0.25, 0.3) is 32.6 Å². The molecule has 3 nitrogen and oxygen atoms in total. The van der Waals surface area contributed by atoms with Gasteiger partial charge < -0.3 is 9.72 Å². The Morgan fingerprint density at radius 2 is 2.00 bits per heavy atom. The third kappa shape index (κ3) is 2.69. The molecule has 4 heteroatoms. The first-order valence-electron chi connectivity index (χ1n) is 8.13. The lowest BCUT2D eigenvalue weighted by molar-refractivity contribution is 0.340. The highest BCUT2D eigenvalue weighted by Gasteiger charge is 2.18. The summed E-state index contributed by atoms with van der Waals surface area (Å²) in [5.41, 5.74) is 4.70. The topological polar surface area (TPSA) is 48.8 Å². The Hall–Kier alpha value is -3.03. The van der Waals surface area contributed by atoms with Crippen LogP contribution >= 0.6 is 11.3 Å². The summed E-state index contributed by atoms with van der Waals surface area (Å²) in [5, 5.41) is 12.8. The van der Waals surface area contributed by atoms with Gasteiger partial charge in [-0.05, 0) is 42.6 Å². The molecule has 0 fully saturated rings. The number of H-pyrrole nitrogens is 1. The molecular formula is C21H16N2OS. The monoisotopic (exact) mass is 344 g/mol. The van der Waals surface area contributed by atoms with Crippen LogP contribution in [-0.4, -0.2) is 11.6 Å². The fraction of sp³-hybridized carbons (Fsp3) is 0.0952. The predicted molar refractivity (Wildman–Crippen MR) is 103 cm³/mol. The number of fused-ring (bicyclic) bond motifs is 1. The summed E-state index contributed by atoms with van der Waals surface area (Å²) in [4.78, 5) is 4.68. The first-order chi connectivity index (χ1) is 12.3. The van der Waals surface area contributed by atoms with Crippen LogP contribution in [0.15, 0.2) is 60.0 Å². The van der Waals surface area contributed by atoms with E-state index in [1.807, 2.05) is 43.3 Å². The van der Waals surface area contributed by atoms with Crippen LogP contribution in [0.5, 0.6) is 5.75 Å². The number of benzene rings is 2. The standard InChI is InChI=1S/C21H16N2OS/c1-2-24-15-10-9-14(13-22)17(12-15)20-16-6-3-4-7-18(16)23-21(20)19-8-5-11-25-19/h3-12,23H,2H2,1H3. The van der Waals surface area contributed by atoms with E-state index in [-0.39, 0.29) is 0 Å². The summed E-state index contributed by atoms with van der Waals surface area (Å²) in [6.45, 7) is 2.55. The summed E-state index contributed by atoms with van der Waals surface area (Å²) in [7, 11) is 0. The molecule has 0 aliphatic carbocycles. The van der Waals surface area contributed by atoms with E-state index in [0.29, 0.717) is 12.2 Å². The van der Waals surface area contributed by atoms with Gasteiger partial charge in [-0.3, -0.25) is 0 Å². The van der Waals surface area contributed by atoms with Gasteiger partial charge in [0.05, 0.1) is 28.8 Å². The molecule has 0 radical (unpaired) electrons. The van der Waals surface area contributed by atoms with Gasteiger partial charge in [-0.25, -0.2) is 0 Å². The van der Waals surface area contributed by atoms with Gasteiger partial charge in [0, 0.05) is 22.0 Å². The lowest BCUT2D eigenvalue weighted by Crippen LogP contribution is -1.93. The van der Waals surface area contributed by atoms with E-state index in [1.165, 1.54) is 0 Å². The number of nitrogens with one attached hydrogen (secondary N) is 1. The number of aromatic nitrogens is 1. The van der Waals surface area contributed by atoms with Crippen molar-refractivity contribution in [2.75, 3.05) is 6.61 Å². The van der Waals surface area contributed by atoms with Crippen LogP contribution < -0.4 is 4.74 Å². The molecule has 0 aliphatic rings. The summed E-state index contributed by atoms with van der Waals surface area (Å²) >= 11 is 1.68. The summed E-state index contributed by atoms with van der Waals surface area (Å²) in [6, 6.07) is 20.3. The fourth-order valence-corrected chi connectivity index (χ4v) is 3.84. The molecule has 0 bridgehead atoms. The highest BCUT2D eigenvalue weighted by atomic mass is 32.1. The largest absolute Gasteiger partial charge is 0.494 e. The third-order valence-corrected chi connectivity index (χ3v) is 5.05. The second kappa shape index (κ2) is 6.46. The molecule has 0 atom stereocenters. The zero-order chi connectivity index (χ0) is 17.2. The third-order valence-electron chi connectivity index (χ3n) is 4.17. The van der Waals surface area contributed by atoms with Crippen LogP contribution in [0.2, 0.25) is 0 Å². The van der Waals surface area contributed by atoms with Gasteiger partial charge in [-0.2, -0.15) is 5.26 Å². The molecule has 2 heterocycles. The van der Waals surface area contributed by atoms with Crippen LogP contribution in [0.4, 0.5) is 0 Å². The van der Waals surface area contributed by atoms with Gasteiger partial charge in [0.1, 0.15) is 5.75 Å². The number of rotatable bonds is 4. The van der Waals surface area contributed by atoms with Crippen molar-refractivity contribution in [3.8, 4) is 33.5 Å². The molecule has 4 aromatic rings. The average molecular weight is 344 g/mol. The Kier molecular flexibility index (Phi) is 4.01. The minimum absolute atomic E-state index is 0.594. The number of ether oxygens (including phenoxy) is 1. The van der Waals surface area contributed by atoms with E-state index in [4.69, 9.17) is 4.74 Å². The van der Waals surface area contributed by atoms with Gasteiger partial charge in [0.15, 0.2) is 0 Å². The van der Waals surface area contributed by atoms with Crippen molar-refractivity contribution in [1.82, 2.24) is 4.98 Å². The number of nitrogens with zero attached hydrogens (tertiary/aromatic N) is 1. The van der Waals surface area contributed by atoms with E-state index in [9.17, 15) is 5.26 Å². The average Bonchev–Trinajstić information content (AvgIpc) is 3.29. The van der Waals surface area contributed by atoms with Crippen molar-refractivity contribution >= 4 is 22.2 Å². The summed E-state index contributed by atoms with van der Waals surface area (Å²) in [5.74, 6) is 0.777. The van der Waals surface area contributed by atoms with Crippen LogP contribution in [0, 0.1) is 11.3 Å². The number of aromatic amines is 1. The maximum atomic E-state index is 9.63. The van der Waals surface area contributed by atoms with Crippen LogP contribution in [0.1, 0.15) is 12.5 Å². The smallest absolute Gasteiger partial charge is 0.119 e. The van der Waals surface area contributed by atoms with Gasteiger partial charge in [-0.1, -0.05) is 24.3 Å². The van der Waals surface area contributed by atoms with Gasteiger partial charge in [0.2, 0.25) is 0 Å². The van der Waals surface area contributed by atoms with Crippen molar-refractivity contribution in [3.63, 3.8) is 0 Å². The molecule has 0 saturated heterocycles. The van der Waals surface area contributed by atoms with E-state index >= 15 is 0 Å². The maximum Gasteiger partial charge on any atom is 0.119 e. The van der Waals surface area contributed by atoms with Crippen molar-refractivity contribution in [1.29, 1.82) is 5.26 Å². The zero-order valence-electron chi connectivity index (χ0n) is 13.7. The van der Waals surface area contributed by atoms with Crippen LogP contribution in [-0.2, 0) is 0 Å². The second-order valence-corrected chi connectivity index (χ2v) is 6.60.